The van der Waals surface area contributed by atoms with Gasteiger partial charge < -0.3 is 20.0 Å². The Morgan fingerprint density at radius 2 is 1.64 bits per heavy atom. The van der Waals surface area contributed by atoms with Crippen molar-refractivity contribution in [2.75, 3.05) is 40.3 Å². The Bertz CT molecular complexity index is 352. The molecule has 1 aliphatic rings. The number of carbonyl (C=O) groups is 2. The first-order chi connectivity index (χ1) is 10.5. The van der Waals surface area contributed by atoms with Crippen LogP contribution in [0.1, 0.15) is 46.0 Å². The summed E-state index contributed by atoms with van der Waals surface area (Å²) in [5, 5.41) is 3.07. The smallest absolute Gasteiger partial charge is 0.319 e. The number of hydrogen-bond donors (Lipinski definition) is 1. The summed E-state index contributed by atoms with van der Waals surface area (Å²) in [6, 6.07) is 0.232. The van der Waals surface area contributed by atoms with Crippen molar-refractivity contribution in [1.29, 1.82) is 0 Å². The lowest BCUT2D eigenvalue weighted by Gasteiger charge is -2.36. The Kier molecular flexibility index (Phi) is 8.06. The summed E-state index contributed by atoms with van der Waals surface area (Å²) in [6.45, 7) is 6.69. The number of nitrogens with zero attached hydrogens (tertiary/aromatic N) is 3. The summed E-state index contributed by atoms with van der Waals surface area (Å²) < 4.78 is 0. The molecule has 1 aliphatic heterocycles. The van der Waals surface area contributed by atoms with E-state index in [1.807, 2.05) is 4.90 Å². The van der Waals surface area contributed by atoms with Crippen LogP contribution in [0.5, 0.6) is 0 Å². The lowest BCUT2D eigenvalue weighted by Crippen LogP contribution is -2.55. The van der Waals surface area contributed by atoms with Crippen LogP contribution in [0.4, 0.5) is 9.59 Å². The highest BCUT2D eigenvalue weighted by Crippen LogP contribution is 2.07. The van der Waals surface area contributed by atoms with E-state index in [-0.39, 0.29) is 18.1 Å². The number of rotatable bonds is 6. The molecule has 1 N–H and O–H groups in total. The van der Waals surface area contributed by atoms with Gasteiger partial charge in [-0.2, -0.15) is 0 Å². The zero-order valence-corrected chi connectivity index (χ0v) is 14.6. The fourth-order valence-corrected chi connectivity index (χ4v) is 2.64. The van der Waals surface area contributed by atoms with Gasteiger partial charge in [-0.3, -0.25) is 0 Å². The van der Waals surface area contributed by atoms with Crippen LogP contribution in [0.15, 0.2) is 0 Å². The number of piperazine rings is 1. The van der Waals surface area contributed by atoms with Crippen molar-refractivity contribution in [3.05, 3.63) is 0 Å². The molecule has 0 saturated carbocycles. The Hall–Kier alpha value is -1.46. The number of nitrogens with one attached hydrogen (secondary N) is 1. The van der Waals surface area contributed by atoms with Crippen LogP contribution in [-0.4, -0.2) is 73.1 Å². The summed E-state index contributed by atoms with van der Waals surface area (Å²) in [4.78, 5) is 29.2. The Morgan fingerprint density at radius 3 is 2.18 bits per heavy atom. The number of unbranched alkanes of at least 4 members (excludes halogenated alkanes) is 3. The maximum absolute atomic E-state index is 12.2. The van der Waals surface area contributed by atoms with Gasteiger partial charge in [0.15, 0.2) is 0 Å². The molecule has 0 bridgehead atoms. The predicted molar refractivity (Wildman–Crippen MR) is 89.0 cm³/mol. The lowest BCUT2D eigenvalue weighted by atomic mass is 10.1. The van der Waals surface area contributed by atoms with Crippen molar-refractivity contribution in [3.63, 3.8) is 0 Å². The Labute approximate surface area is 134 Å². The predicted octanol–water partition coefficient (Wildman–Crippen LogP) is 2.35. The first kappa shape index (κ1) is 18.6. The summed E-state index contributed by atoms with van der Waals surface area (Å²) in [5.74, 6) is 0. The minimum absolute atomic E-state index is 0.0000523. The average Bonchev–Trinajstić information content (AvgIpc) is 2.50. The first-order valence-electron chi connectivity index (χ1n) is 8.47. The molecule has 0 aromatic heterocycles. The molecule has 22 heavy (non-hydrogen) atoms. The Morgan fingerprint density at radius 1 is 1.05 bits per heavy atom. The van der Waals surface area contributed by atoms with Crippen LogP contribution >= 0.6 is 0 Å². The number of hydrogen-bond acceptors (Lipinski definition) is 2. The number of urea groups is 2. The SMILES string of the molecule is CCCCCCC(C)NC(=O)N1CCN(C(=O)N(C)C)CC1. The summed E-state index contributed by atoms with van der Waals surface area (Å²) >= 11 is 0. The van der Waals surface area contributed by atoms with Gasteiger partial charge in [-0.1, -0.05) is 32.6 Å². The lowest BCUT2D eigenvalue weighted by molar-refractivity contribution is 0.127. The second-order valence-corrected chi connectivity index (χ2v) is 6.35. The second kappa shape index (κ2) is 9.54. The van der Waals surface area contributed by atoms with Gasteiger partial charge in [0.05, 0.1) is 0 Å². The molecular formula is C16H32N4O2. The molecule has 1 unspecified atom stereocenters. The molecule has 1 saturated heterocycles. The molecule has 1 heterocycles. The minimum atomic E-state index is -0.0000523. The van der Waals surface area contributed by atoms with Crippen molar-refractivity contribution in [1.82, 2.24) is 20.0 Å². The number of carbonyl (C=O) groups excluding carboxylic acids is 2. The molecule has 1 rings (SSSR count). The van der Waals surface area contributed by atoms with E-state index in [1.165, 1.54) is 25.7 Å². The maximum Gasteiger partial charge on any atom is 0.319 e. The molecule has 0 aromatic rings. The molecular weight excluding hydrogens is 280 g/mol. The van der Waals surface area contributed by atoms with E-state index < -0.39 is 0 Å². The van der Waals surface area contributed by atoms with E-state index in [1.54, 1.807) is 23.9 Å². The van der Waals surface area contributed by atoms with E-state index in [4.69, 9.17) is 0 Å². The van der Waals surface area contributed by atoms with Gasteiger partial charge in [0.1, 0.15) is 0 Å². The van der Waals surface area contributed by atoms with E-state index in [2.05, 4.69) is 19.2 Å². The molecule has 1 fully saturated rings. The molecule has 6 nitrogen and oxygen atoms in total. The number of amides is 4. The molecule has 4 amide bonds. The summed E-state index contributed by atoms with van der Waals surface area (Å²) in [7, 11) is 3.50. The molecule has 0 aliphatic carbocycles. The zero-order chi connectivity index (χ0) is 16.5. The highest BCUT2D eigenvalue weighted by atomic mass is 16.2. The standard InChI is InChI=1S/C16H32N4O2/c1-5-6-7-8-9-14(2)17-15(21)19-10-12-20(13-11-19)16(22)18(3)4/h14H,5-13H2,1-4H3,(H,17,21). The van der Waals surface area contributed by atoms with Crippen LogP contribution in [0.2, 0.25) is 0 Å². The van der Waals surface area contributed by atoms with E-state index >= 15 is 0 Å². The molecule has 0 aromatic carbocycles. The largest absolute Gasteiger partial charge is 0.336 e. The van der Waals surface area contributed by atoms with E-state index in [9.17, 15) is 9.59 Å². The van der Waals surface area contributed by atoms with Crippen LogP contribution in [0, 0.1) is 0 Å². The third-order valence-corrected chi connectivity index (χ3v) is 4.08. The molecule has 0 spiro atoms. The zero-order valence-electron chi connectivity index (χ0n) is 14.6. The second-order valence-electron chi connectivity index (χ2n) is 6.35. The molecule has 0 radical (unpaired) electrons. The highest BCUT2D eigenvalue weighted by Gasteiger charge is 2.25. The van der Waals surface area contributed by atoms with Gasteiger partial charge in [0.2, 0.25) is 0 Å². The maximum atomic E-state index is 12.2. The van der Waals surface area contributed by atoms with E-state index in [0.29, 0.717) is 26.2 Å². The highest BCUT2D eigenvalue weighted by molar-refractivity contribution is 5.76. The van der Waals surface area contributed by atoms with Gasteiger partial charge in [-0.15, -0.1) is 0 Å². The van der Waals surface area contributed by atoms with Crippen LogP contribution < -0.4 is 5.32 Å². The van der Waals surface area contributed by atoms with Gasteiger partial charge in [-0.25, -0.2) is 9.59 Å². The quantitative estimate of drug-likeness (QED) is 0.766. The van der Waals surface area contributed by atoms with Crippen LogP contribution in [0.25, 0.3) is 0 Å². The Balaban J connectivity index is 2.26. The average molecular weight is 312 g/mol. The van der Waals surface area contributed by atoms with Crippen molar-refractivity contribution >= 4 is 12.1 Å². The van der Waals surface area contributed by atoms with Crippen molar-refractivity contribution < 1.29 is 9.59 Å². The normalized spacial score (nSPS) is 16.4. The third kappa shape index (κ3) is 6.12. The summed E-state index contributed by atoms with van der Waals surface area (Å²) in [6.07, 6.45) is 5.94. The fourth-order valence-electron chi connectivity index (χ4n) is 2.64. The fraction of sp³-hybridized carbons (Fsp3) is 0.875. The minimum Gasteiger partial charge on any atom is -0.336 e. The topological polar surface area (TPSA) is 55.9 Å². The van der Waals surface area contributed by atoms with Crippen LogP contribution in [-0.2, 0) is 0 Å². The van der Waals surface area contributed by atoms with Crippen molar-refractivity contribution in [2.45, 2.75) is 52.0 Å². The molecule has 128 valence electrons. The van der Waals surface area contributed by atoms with Gasteiger partial charge in [0.25, 0.3) is 0 Å². The summed E-state index contributed by atoms with van der Waals surface area (Å²) in [5.41, 5.74) is 0. The van der Waals surface area contributed by atoms with Crippen molar-refractivity contribution in [2.24, 2.45) is 0 Å². The van der Waals surface area contributed by atoms with E-state index in [0.717, 1.165) is 6.42 Å². The van der Waals surface area contributed by atoms with Gasteiger partial charge in [-0.05, 0) is 13.3 Å². The molecule has 1 atom stereocenters. The monoisotopic (exact) mass is 312 g/mol. The van der Waals surface area contributed by atoms with Crippen molar-refractivity contribution in [3.8, 4) is 0 Å². The van der Waals surface area contributed by atoms with Gasteiger partial charge >= 0.3 is 12.1 Å². The van der Waals surface area contributed by atoms with Gasteiger partial charge in [0, 0.05) is 46.3 Å². The third-order valence-electron chi connectivity index (χ3n) is 4.08. The van der Waals surface area contributed by atoms with Crippen LogP contribution in [0.3, 0.4) is 0 Å². The first-order valence-corrected chi connectivity index (χ1v) is 8.47. The molecule has 6 heteroatoms.